The Bertz CT molecular complexity index is 536. The lowest BCUT2D eigenvalue weighted by Crippen LogP contribution is -2.24. The lowest BCUT2D eigenvalue weighted by atomic mass is 10.2. The van der Waals surface area contributed by atoms with Crippen molar-refractivity contribution < 1.29 is 4.79 Å². The highest BCUT2D eigenvalue weighted by atomic mass is 16.1. The maximum Gasteiger partial charge on any atom is 0.353 e. The Labute approximate surface area is 85.3 Å². The van der Waals surface area contributed by atoms with E-state index in [9.17, 15) is 9.59 Å². The number of carbonyl (C=O) groups excluding carboxylic acids is 1. The molecule has 0 fully saturated rings. The first kappa shape index (κ1) is 10.7. The van der Waals surface area contributed by atoms with Crippen LogP contribution in [0.2, 0.25) is 0 Å². The summed E-state index contributed by atoms with van der Waals surface area (Å²) in [6.45, 7) is 5.10. The molecule has 1 aromatic rings. The molecule has 0 aliphatic heterocycles. The second kappa shape index (κ2) is 3.75. The van der Waals surface area contributed by atoms with Crippen molar-refractivity contribution in [3.05, 3.63) is 28.8 Å². The highest BCUT2D eigenvalue weighted by Crippen LogP contribution is 2.07. The molecular formula is C9H8N4O2. The molecule has 6 nitrogen and oxygen atoms in total. The van der Waals surface area contributed by atoms with E-state index >= 15 is 0 Å². The zero-order chi connectivity index (χ0) is 11.6. The molecule has 1 heterocycles. The zero-order valence-electron chi connectivity index (χ0n) is 8.02. The summed E-state index contributed by atoms with van der Waals surface area (Å²) in [7, 11) is 0. The molecule has 0 aromatic carbocycles. The van der Waals surface area contributed by atoms with Crippen LogP contribution in [-0.4, -0.2) is 15.3 Å². The molecule has 2 N–H and O–H groups in total. The first-order valence-corrected chi connectivity index (χ1v) is 3.97. The Kier molecular flexibility index (Phi) is 2.67. The minimum atomic E-state index is -0.838. The third-order valence-electron chi connectivity index (χ3n) is 1.71. The fourth-order valence-electron chi connectivity index (χ4n) is 0.976. The quantitative estimate of drug-likeness (QED) is 0.540. The number of nitrogen functional groups attached to an aromatic ring is 1. The van der Waals surface area contributed by atoms with Gasteiger partial charge in [0.05, 0.1) is 5.56 Å². The van der Waals surface area contributed by atoms with Gasteiger partial charge in [0.2, 0.25) is 0 Å². The van der Waals surface area contributed by atoms with Gasteiger partial charge in [-0.2, -0.15) is 10.2 Å². The molecule has 0 atom stereocenters. The van der Waals surface area contributed by atoms with Gasteiger partial charge in [-0.3, -0.25) is 9.36 Å². The Morgan fingerprint density at radius 1 is 1.73 bits per heavy atom. The van der Waals surface area contributed by atoms with Gasteiger partial charge in [0, 0.05) is 11.9 Å². The highest BCUT2D eigenvalue weighted by molar-refractivity contribution is 6.10. The molecule has 1 rings (SSSR count). The van der Waals surface area contributed by atoms with E-state index in [-0.39, 0.29) is 11.4 Å². The molecule has 15 heavy (non-hydrogen) atoms. The number of ketones is 1. The van der Waals surface area contributed by atoms with Crippen molar-refractivity contribution in [2.24, 2.45) is 0 Å². The number of hydrogen-bond acceptors (Lipinski definition) is 5. The summed E-state index contributed by atoms with van der Waals surface area (Å²) in [4.78, 5) is 25.8. The Hall–Kier alpha value is -2.42. The molecule has 0 amide bonds. The van der Waals surface area contributed by atoms with Crippen LogP contribution < -0.4 is 11.4 Å². The number of aromatic nitrogens is 2. The molecule has 0 aliphatic rings. The Morgan fingerprint density at radius 2 is 2.33 bits per heavy atom. The van der Waals surface area contributed by atoms with Gasteiger partial charge in [0.25, 0.3) is 5.78 Å². The minimum Gasteiger partial charge on any atom is -0.383 e. The van der Waals surface area contributed by atoms with Gasteiger partial charge in [-0.05, 0) is 6.92 Å². The standard InChI is InChI=1S/C9H8N4O2/c1-5(2)13-4-6(7(14)3-10)8(11)12-9(13)15/h4H,1H2,2H3,(H2,11,12,15). The van der Waals surface area contributed by atoms with Crippen LogP contribution in [0.4, 0.5) is 5.82 Å². The maximum absolute atomic E-state index is 11.3. The van der Waals surface area contributed by atoms with Crippen molar-refractivity contribution >= 4 is 17.3 Å². The van der Waals surface area contributed by atoms with Crippen LogP contribution in [0.1, 0.15) is 17.3 Å². The predicted molar refractivity (Wildman–Crippen MR) is 53.9 cm³/mol. The van der Waals surface area contributed by atoms with E-state index in [2.05, 4.69) is 11.6 Å². The van der Waals surface area contributed by atoms with Crippen molar-refractivity contribution in [1.82, 2.24) is 9.55 Å². The summed E-state index contributed by atoms with van der Waals surface area (Å²) >= 11 is 0. The van der Waals surface area contributed by atoms with E-state index in [1.807, 2.05) is 0 Å². The molecule has 0 unspecified atom stereocenters. The monoisotopic (exact) mass is 204 g/mol. The van der Waals surface area contributed by atoms with Gasteiger partial charge in [0.1, 0.15) is 11.9 Å². The number of Topliss-reactive ketones (excluding diaryl/α,β-unsaturated/α-hetero) is 1. The van der Waals surface area contributed by atoms with Crippen LogP contribution in [0, 0.1) is 11.3 Å². The number of carbonyl (C=O) groups is 1. The SMILES string of the molecule is C=C(C)n1cc(C(=O)C#N)c(N)nc1=O. The maximum atomic E-state index is 11.3. The summed E-state index contributed by atoms with van der Waals surface area (Å²) in [5.41, 5.74) is 5.00. The second-order valence-electron chi connectivity index (χ2n) is 2.87. The summed E-state index contributed by atoms with van der Waals surface area (Å²) in [5, 5.41) is 8.42. The summed E-state index contributed by atoms with van der Waals surface area (Å²) in [6.07, 6.45) is 1.17. The fourth-order valence-corrected chi connectivity index (χ4v) is 0.976. The van der Waals surface area contributed by atoms with E-state index in [0.717, 1.165) is 4.57 Å². The molecule has 76 valence electrons. The largest absolute Gasteiger partial charge is 0.383 e. The number of anilines is 1. The molecule has 1 aromatic heterocycles. The van der Waals surface area contributed by atoms with Gasteiger partial charge < -0.3 is 5.73 Å². The van der Waals surface area contributed by atoms with Crippen molar-refractivity contribution in [3.63, 3.8) is 0 Å². The molecule has 0 saturated heterocycles. The van der Waals surface area contributed by atoms with Gasteiger partial charge in [-0.25, -0.2) is 4.79 Å². The van der Waals surface area contributed by atoms with Gasteiger partial charge in [-0.1, -0.05) is 6.58 Å². The van der Waals surface area contributed by atoms with Crippen LogP contribution in [0.3, 0.4) is 0 Å². The topological polar surface area (TPSA) is 102 Å². The van der Waals surface area contributed by atoms with Crippen LogP contribution in [0.15, 0.2) is 17.6 Å². The first-order chi connectivity index (χ1) is 6.97. The van der Waals surface area contributed by atoms with Gasteiger partial charge in [0.15, 0.2) is 0 Å². The van der Waals surface area contributed by atoms with Crippen LogP contribution in [0.5, 0.6) is 0 Å². The number of rotatable bonds is 2. The van der Waals surface area contributed by atoms with Crippen molar-refractivity contribution in [2.75, 3.05) is 5.73 Å². The Morgan fingerprint density at radius 3 is 2.80 bits per heavy atom. The van der Waals surface area contributed by atoms with E-state index < -0.39 is 11.5 Å². The lowest BCUT2D eigenvalue weighted by molar-refractivity contribution is 0.105. The number of nitrogens with two attached hydrogens (primary N) is 1. The van der Waals surface area contributed by atoms with Gasteiger partial charge in [-0.15, -0.1) is 0 Å². The lowest BCUT2D eigenvalue weighted by Gasteiger charge is -2.05. The van der Waals surface area contributed by atoms with E-state index in [4.69, 9.17) is 11.0 Å². The van der Waals surface area contributed by atoms with Gasteiger partial charge >= 0.3 is 5.69 Å². The molecule has 0 spiro atoms. The van der Waals surface area contributed by atoms with Crippen LogP contribution in [0.25, 0.3) is 5.70 Å². The Balaban J connectivity index is 3.51. The minimum absolute atomic E-state index is 0.0971. The molecule has 0 bridgehead atoms. The predicted octanol–water partition coefficient (Wildman–Crippen LogP) is 0.0224. The summed E-state index contributed by atoms with van der Waals surface area (Å²) in [5.74, 6) is -1.08. The number of nitrogens with zero attached hydrogens (tertiary/aromatic N) is 3. The molecule has 0 saturated carbocycles. The molecule has 6 heteroatoms. The summed E-state index contributed by atoms with van der Waals surface area (Å²) in [6, 6.07) is 1.40. The number of allylic oxidation sites excluding steroid dienone is 1. The average molecular weight is 204 g/mol. The number of hydrogen-bond donors (Lipinski definition) is 1. The van der Waals surface area contributed by atoms with Crippen molar-refractivity contribution in [3.8, 4) is 6.07 Å². The highest BCUT2D eigenvalue weighted by Gasteiger charge is 2.13. The normalized spacial score (nSPS) is 9.33. The first-order valence-electron chi connectivity index (χ1n) is 3.97. The fraction of sp³-hybridized carbons (Fsp3) is 0.111. The average Bonchev–Trinajstić information content (AvgIpc) is 2.16. The molecule has 0 radical (unpaired) electrons. The van der Waals surface area contributed by atoms with E-state index in [1.165, 1.54) is 12.3 Å². The van der Waals surface area contributed by atoms with E-state index in [0.29, 0.717) is 5.70 Å². The zero-order valence-corrected chi connectivity index (χ0v) is 8.02. The van der Waals surface area contributed by atoms with Crippen molar-refractivity contribution in [2.45, 2.75) is 6.92 Å². The van der Waals surface area contributed by atoms with Crippen molar-refractivity contribution in [1.29, 1.82) is 5.26 Å². The smallest absolute Gasteiger partial charge is 0.353 e. The molecular weight excluding hydrogens is 196 g/mol. The third-order valence-corrected chi connectivity index (χ3v) is 1.71. The summed E-state index contributed by atoms with van der Waals surface area (Å²) < 4.78 is 1.06. The van der Waals surface area contributed by atoms with Crippen LogP contribution in [-0.2, 0) is 0 Å². The number of nitriles is 1. The molecule has 0 aliphatic carbocycles. The van der Waals surface area contributed by atoms with Crippen LogP contribution >= 0.6 is 0 Å². The second-order valence-corrected chi connectivity index (χ2v) is 2.87. The third kappa shape index (κ3) is 1.91. The van der Waals surface area contributed by atoms with E-state index in [1.54, 1.807) is 6.92 Å².